The Hall–Kier alpha value is -3.68. The fraction of sp³-hybridized carbons (Fsp3) is 0.435. The van der Waals surface area contributed by atoms with Crippen molar-refractivity contribution in [3.05, 3.63) is 35.9 Å². The van der Waals surface area contributed by atoms with Gasteiger partial charge in [0.15, 0.2) is 21.2 Å². The molecule has 3 aromatic heterocycles. The van der Waals surface area contributed by atoms with Crippen molar-refractivity contribution in [3.8, 4) is 17.1 Å². The largest absolute Gasteiger partial charge is 0.473 e. The summed E-state index contributed by atoms with van der Waals surface area (Å²) in [6.07, 6.45) is 3.24. The normalized spacial score (nSPS) is 15.2. The SMILES string of the molecule is CC(C)c1noc(N2CCC(Oc3ncnc4c(-c5cc(F)c(S(C)(=O)=O)cc5F)n(C)nc34)CC2)n1. The quantitative estimate of drug-likeness (QED) is 0.364. The number of halogens is 2. The number of benzene rings is 1. The molecule has 0 atom stereocenters. The molecular formula is C23H25F2N7O4S. The van der Waals surface area contributed by atoms with Crippen LogP contribution in [0.1, 0.15) is 38.4 Å². The van der Waals surface area contributed by atoms with Crippen LogP contribution < -0.4 is 9.64 Å². The van der Waals surface area contributed by atoms with E-state index in [2.05, 4.69) is 25.2 Å². The van der Waals surface area contributed by atoms with E-state index in [1.165, 1.54) is 11.0 Å². The van der Waals surface area contributed by atoms with Gasteiger partial charge in [0.05, 0.1) is 5.69 Å². The van der Waals surface area contributed by atoms with Gasteiger partial charge in [0.2, 0.25) is 5.88 Å². The standard InChI is InChI=1S/C23H25F2N7O4S/c1-12(2)21-28-23(36-30-21)32-7-5-13(6-8-32)35-22-19-18(26-11-27-22)20(31(3)29-19)14-9-16(25)17(10-15(14)24)37(4,33)34/h9-13H,5-8H2,1-4H3. The van der Waals surface area contributed by atoms with E-state index in [1.54, 1.807) is 7.05 Å². The second-order valence-electron chi connectivity index (χ2n) is 9.28. The lowest BCUT2D eigenvalue weighted by molar-refractivity contribution is 0.163. The molecule has 0 radical (unpaired) electrons. The highest BCUT2D eigenvalue weighted by atomic mass is 32.2. The van der Waals surface area contributed by atoms with E-state index in [-0.39, 0.29) is 40.2 Å². The molecule has 1 aliphatic heterocycles. The van der Waals surface area contributed by atoms with Gasteiger partial charge in [-0.1, -0.05) is 19.0 Å². The maximum atomic E-state index is 15.0. The molecule has 196 valence electrons. The zero-order chi connectivity index (χ0) is 26.5. The van der Waals surface area contributed by atoms with E-state index < -0.39 is 26.4 Å². The zero-order valence-corrected chi connectivity index (χ0v) is 21.5. The summed E-state index contributed by atoms with van der Waals surface area (Å²) < 4.78 is 65.9. The van der Waals surface area contributed by atoms with Crippen LogP contribution in [0.3, 0.4) is 0 Å². The summed E-state index contributed by atoms with van der Waals surface area (Å²) in [6, 6.07) is 1.98. The minimum atomic E-state index is -3.94. The molecule has 4 heterocycles. The molecule has 1 aliphatic rings. The summed E-state index contributed by atoms with van der Waals surface area (Å²) in [5, 5.41) is 8.40. The summed E-state index contributed by atoms with van der Waals surface area (Å²) in [5.74, 6) is -0.928. The zero-order valence-electron chi connectivity index (χ0n) is 20.6. The second kappa shape index (κ2) is 9.32. The van der Waals surface area contributed by atoms with Gasteiger partial charge in [0.25, 0.3) is 0 Å². The van der Waals surface area contributed by atoms with Crippen LogP contribution in [0.25, 0.3) is 22.3 Å². The van der Waals surface area contributed by atoms with Gasteiger partial charge in [0, 0.05) is 50.7 Å². The Morgan fingerprint density at radius 2 is 1.84 bits per heavy atom. The first-order valence-electron chi connectivity index (χ1n) is 11.6. The van der Waals surface area contributed by atoms with Crippen molar-refractivity contribution in [3.63, 3.8) is 0 Å². The van der Waals surface area contributed by atoms with Gasteiger partial charge in [-0.15, -0.1) is 0 Å². The number of aryl methyl sites for hydroxylation is 1. The first-order chi connectivity index (χ1) is 17.5. The smallest absolute Gasteiger partial charge is 0.324 e. The Balaban J connectivity index is 1.39. The fourth-order valence-corrected chi connectivity index (χ4v) is 5.00. The lowest BCUT2D eigenvalue weighted by Crippen LogP contribution is -2.38. The Kier molecular flexibility index (Phi) is 6.30. The minimum absolute atomic E-state index is 0.171. The highest BCUT2D eigenvalue weighted by Gasteiger charge is 2.28. The van der Waals surface area contributed by atoms with Gasteiger partial charge in [-0.05, 0) is 12.1 Å². The van der Waals surface area contributed by atoms with E-state index in [0.29, 0.717) is 43.8 Å². The number of anilines is 1. The Morgan fingerprint density at radius 1 is 1.11 bits per heavy atom. The average molecular weight is 534 g/mol. The molecule has 14 heteroatoms. The predicted molar refractivity (Wildman–Crippen MR) is 129 cm³/mol. The third-order valence-corrected chi connectivity index (χ3v) is 7.31. The molecule has 1 fully saturated rings. The molecule has 0 bridgehead atoms. The van der Waals surface area contributed by atoms with Crippen molar-refractivity contribution in [2.45, 2.75) is 43.6 Å². The molecule has 11 nitrogen and oxygen atoms in total. The molecule has 0 saturated carbocycles. The summed E-state index contributed by atoms with van der Waals surface area (Å²) in [7, 11) is -2.39. The Bertz CT molecular complexity index is 1580. The van der Waals surface area contributed by atoms with Crippen molar-refractivity contribution in [2.75, 3.05) is 24.2 Å². The number of aromatic nitrogens is 6. The number of hydrogen-bond acceptors (Lipinski definition) is 10. The second-order valence-corrected chi connectivity index (χ2v) is 11.3. The number of ether oxygens (including phenoxy) is 1. The molecule has 5 rings (SSSR count). The highest BCUT2D eigenvalue weighted by Crippen LogP contribution is 2.34. The maximum absolute atomic E-state index is 15.0. The van der Waals surface area contributed by atoms with Crippen LogP contribution in [-0.4, -0.2) is 63.8 Å². The predicted octanol–water partition coefficient (Wildman–Crippen LogP) is 3.27. The third kappa shape index (κ3) is 4.72. The Labute approximate surface area is 211 Å². The third-order valence-electron chi connectivity index (χ3n) is 6.20. The molecule has 0 aliphatic carbocycles. The van der Waals surface area contributed by atoms with Crippen molar-refractivity contribution < 1.29 is 26.5 Å². The molecule has 0 N–H and O–H groups in total. The maximum Gasteiger partial charge on any atom is 0.324 e. The van der Waals surface area contributed by atoms with Crippen molar-refractivity contribution in [2.24, 2.45) is 7.05 Å². The molecular weight excluding hydrogens is 508 g/mol. The monoisotopic (exact) mass is 533 g/mol. The fourth-order valence-electron chi connectivity index (χ4n) is 4.27. The first-order valence-corrected chi connectivity index (χ1v) is 13.5. The van der Waals surface area contributed by atoms with Crippen molar-refractivity contribution >= 4 is 26.9 Å². The van der Waals surface area contributed by atoms with Crippen LogP contribution in [0.4, 0.5) is 14.8 Å². The Morgan fingerprint density at radius 3 is 2.49 bits per heavy atom. The summed E-state index contributed by atoms with van der Waals surface area (Å²) >= 11 is 0. The average Bonchev–Trinajstić information content (AvgIpc) is 3.46. The summed E-state index contributed by atoms with van der Waals surface area (Å²) in [5.41, 5.74) is 0.536. The number of piperidine rings is 1. The van der Waals surface area contributed by atoms with E-state index in [0.717, 1.165) is 12.3 Å². The molecule has 4 aromatic rings. The lowest BCUT2D eigenvalue weighted by atomic mass is 10.1. The van der Waals surface area contributed by atoms with Gasteiger partial charge in [0.1, 0.15) is 34.5 Å². The first kappa shape index (κ1) is 25.0. The van der Waals surface area contributed by atoms with Crippen LogP contribution in [0, 0.1) is 11.6 Å². The van der Waals surface area contributed by atoms with Crippen LogP contribution >= 0.6 is 0 Å². The van der Waals surface area contributed by atoms with Gasteiger partial charge in [-0.3, -0.25) is 4.68 Å². The van der Waals surface area contributed by atoms with E-state index in [1.807, 2.05) is 18.7 Å². The van der Waals surface area contributed by atoms with E-state index >= 15 is 0 Å². The van der Waals surface area contributed by atoms with Crippen LogP contribution in [-0.2, 0) is 16.9 Å². The highest BCUT2D eigenvalue weighted by molar-refractivity contribution is 7.90. The molecule has 1 aromatic carbocycles. The molecule has 0 amide bonds. The van der Waals surface area contributed by atoms with Gasteiger partial charge in [-0.25, -0.2) is 22.2 Å². The van der Waals surface area contributed by atoms with Crippen molar-refractivity contribution in [1.82, 2.24) is 29.9 Å². The number of hydrogen-bond donors (Lipinski definition) is 0. The number of rotatable bonds is 6. The number of fused-ring (bicyclic) bond motifs is 1. The molecule has 0 spiro atoms. The number of sulfone groups is 1. The van der Waals surface area contributed by atoms with Gasteiger partial charge >= 0.3 is 6.01 Å². The van der Waals surface area contributed by atoms with Crippen LogP contribution in [0.2, 0.25) is 0 Å². The van der Waals surface area contributed by atoms with Gasteiger partial charge in [-0.2, -0.15) is 15.1 Å². The molecule has 1 saturated heterocycles. The summed E-state index contributed by atoms with van der Waals surface area (Å²) in [4.78, 5) is 14.2. The van der Waals surface area contributed by atoms with E-state index in [4.69, 9.17) is 9.26 Å². The summed E-state index contributed by atoms with van der Waals surface area (Å²) in [6.45, 7) is 5.28. The minimum Gasteiger partial charge on any atom is -0.473 e. The molecule has 37 heavy (non-hydrogen) atoms. The van der Waals surface area contributed by atoms with Crippen LogP contribution in [0.15, 0.2) is 27.9 Å². The van der Waals surface area contributed by atoms with Crippen molar-refractivity contribution in [1.29, 1.82) is 0 Å². The van der Waals surface area contributed by atoms with E-state index in [9.17, 15) is 17.2 Å². The topological polar surface area (TPSA) is 129 Å². The lowest BCUT2D eigenvalue weighted by Gasteiger charge is -2.30. The molecule has 0 unspecified atom stereocenters. The van der Waals surface area contributed by atoms with Crippen LogP contribution in [0.5, 0.6) is 5.88 Å². The van der Waals surface area contributed by atoms with Gasteiger partial charge < -0.3 is 14.2 Å². The number of nitrogens with zero attached hydrogens (tertiary/aromatic N) is 7.